The van der Waals surface area contributed by atoms with Crippen molar-refractivity contribution in [1.82, 2.24) is 10.2 Å². The largest absolute Gasteiger partial charge is 0.378 e. The molecule has 7 nitrogen and oxygen atoms in total. The summed E-state index contributed by atoms with van der Waals surface area (Å²) in [4.78, 5) is 27.6. The van der Waals surface area contributed by atoms with E-state index in [4.69, 9.17) is 11.6 Å². The summed E-state index contributed by atoms with van der Waals surface area (Å²) in [7, 11) is 3.99. The number of likely N-dealkylation sites (tertiary alicyclic amines) is 1. The predicted molar refractivity (Wildman–Crippen MR) is 115 cm³/mol. The van der Waals surface area contributed by atoms with Gasteiger partial charge in [-0.2, -0.15) is 0 Å². The Morgan fingerprint density at radius 2 is 1.86 bits per heavy atom. The molecule has 3 rings (SSSR count). The maximum absolute atomic E-state index is 12.7. The van der Waals surface area contributed by atoms with Crippen LogP contribution in [0.5, 0.6) is 0 Å². The van der Waals surface area contributed by atoms with Crippen molar-refractivity contribution in [2.75, 3.05) is 38.6 Å². The van der Waals surface area contributed by atoms with Crippen molar-refractivity contribution in [2.24, 2.45) is 0 Å². The first-order chi connectivity index (χ1) is 13.9. The molecule has 2 aromatic rings. The van der Waals surface area contributed by atoms with Crippen LogP contribution in [-0.4, -0.2) is 49.5 Å². The zero-order valence-electron chi connectivity index (χ0n) is 16.6. The monoisotopic (exact) mass is 416 g/mol. The number of hydrogen-bond donors (Lipinski definition) is 1. The number of hydrogen-bond acceptors (Lipinski definition) is 5. The number of carbonyl (C=O) groups excluding carboxylic acids is 1. The van der Waals surface area contributed by atoms with E-state index >= 15 is 0 Å². The number of nitrogens with zero attached hydrogens (tertiary/aromatic N) is 3. The van der Waals surface area contributed by atoms with E-state index in [2.05, 4.69) is 34.5 Å². The van der Waals surface area contributed by atoms with Gasteiger partial charge in [0, 0.05) is 38.5 Å². The summed E-state index contributed by atoms with van der Waals surface area (Å²) in [6.45, 7) is 2.36. The third kappa shape index (κ3) is 5.05. The van der Waals surface area contributed by atoms with Crippen LogP contribution >= 0.6 is 11.6 Å². The van der Waals surface area contributed by atoms with Gasteiger partial charge in [-0.25, -0.2) is 0 Å². The molecule has 0 unspecified atom stereocenters. The summed E-state index contributed by atoms with van der Waals surface area (Å²) in [5.74, 6) is -0.409. The van der Waals surface area contributed by atoms with Crippen molar-refractivity contribution in [3.63, 3.8) is 0 Å². The minimum Gasteiger partial charge on any atom is -0.378 e. The van der Waals surface area contributed by atoms with Gasteiger partial charge in [-0.3, -0.25) is 19.8 Å². The van der Waals surface area contributed by atoms with E-state index in [9.17, 15) is 14.9 Å². The average molecular weight is 417 g/mol. The number of anilines is 1. The van der Waals surface area contributed by atoms with Crippen LogP contribution < -0.4 is 10.2 Å². The van der Waals surface area contributed by atoms with E-state index in [1.54, 1.807) is 0 Å². The molecule has 2 aromatic carbocycles. The van der Waals surface area contributed by atoms with Crippen LogP contribution in [0, 0.1) is 10.1 Å². The molecule has 1 heterocycles. The Morgan fingerprint density at radius 3 is 2.45 bits per heavy atom. The number of benzene rings is 2. The second kappa shape index (κ2) is 9.24. The number of nitro benzene ring substituents is 1. The molecular formula is C21H25ClN4O3. The van der Waals surface area contributed by atoms with Crippen LogP contribution in [0.15, 0.2) is 42.5 Å². The van der Waals surface area contributed by atoms with E-state index < -0.39 is 10.8 Å². The molecule has 0 spiro atoms. The van der Waals surface area contributed by atoms with E-state index in [1.807, 2.05) is 19.0 Å². The van der Waals surface area contributed by atoms with Crippen LogP contribution in [0.25, 0.3) is 0 Å². The van der Waals surface area contributed by atoms with E-state index in [0.717, 1.165) is 37.2 Å². The Labute approximate surface area is 175 Å². The highest BCUT2D eigenvalue weighted by Crippen LogP contribution is 2.27. The van der Waals surface area contributed by atoms with Gasteiger partial charge in [0.05, 0.1) is 21.6 Å². The molecule has 29 heavy (non-hydrogen) atoms. The van der Waals surface area contributed by atoms with Gasteiger partial charge < -0.3 is 10.2 Å². The Morgan fingerprint density at radius 1 is 1.21 bits per heavy atom. The van der Waals surface area contributed by atoms with Gasteiger partial charge in [0.2, 0.25) is 0 Å². The molecule has 1 aliphatic heterocycles. The minimum absolute atomic E-state index is 0.0372. The maximum Gasteiger partial charge on any atom is 0.270 e. The molecule has 0 bridgehead atoms. The van der Waals surface area contributed by atoms with Gasteiger partial charge in [-0.15, -0.1) is 0 Å². The molecule has 154 valence electrons. The number of rotatable bonds is 7. The zero-order chi connectivity index (χ0) is 21.0. The SMILES string of the molecule is CN(C)c1ccc([C@H](CNC(=O)c2cc([N+](=O)[O-])ccc2Cl)N2CCCC2)cc1. The molecule has 0 saturated carbocycles. The molecule has 1 amide bonds. The highest BCUT2D eigenvalue weighted by atomic mass is 35.5. The fourth-order valence-corrected chi connectivity index (χ4v) is 3.79. The molecule has 1 fully saturated rings. The first-order valence-electron chi connectivity index (χ1n) is 9.60. The van der Waals surface area contributed by atoms with Crippen molar-refractivity contribution >= 4 is 28.9 Å². The van der Waals surface area contributed by atoms with Crippen molar-refractivity contribution < 1.29 is 9.72 Å². The number of non-ortho nitro benzene ring substituents is 1. The number of halogens is 1. The van der Waals surface area contributed by atoms with E-state index in [0.29, 0.717) is 6.54 Å². The van der Waals surface area contributed by atoms with Crippen LogP contribution in [0.4, 0.5) is 11.4 Å². The third-order valence-electron chi connectivity index (χ3n) is 5.24. The summed E-state index contributed by atoms with van der Waals surface area (Å²) >= 11 is 6.10. The molecule has 1 N–H and O–H groups in total. The lowest BCUT2D eigenvalue weighted by molar-refractivity contribution is -0.384. The first kappa shape index (κ1) is 21.1. The molecule has 0 aromatic heterocycles. The summed E-state index contributed by atoms with van der Waals surface area (Å²) in [6, 6.07) is 12.2. The van der Waals surface area contributed by atoms with Crippen LogP contribution in [0.2, 0.25) is 5.02 Å². The van der Waals surface area contributed by atoms with Gasteiger partial charge >= 0.3 is 0 Å². The Hall–Kier alpha value is -2.64. The number of nitro groups is 1. The third-order valence-corrected chi connectivity index (χ3v) is 5.57. The fourth-order valence-electron chi connectivity index (χ4n) is 3.59. The second-order valence-corrected chi connectivity index (χ2v) is 7.78. The highest BCUT2D eigenvalue weighted by molar-refractivity contribution is 6.33. The maximum atomic E-state index is 12.7. The Bertz CT molecular complexity index is 880. The predicted octanol–water partition coefficient (Wildman–Crippen LogP) is 3.88. The standard InChI is InChI=1S/C21H25ClN4O3/c1-24(2)16-7-5-15(6-8-16)20(25-11-3-4-12-25)14-23-21(27)18-13-17(26(28)29)9-10-19(18)22/h5-10,13,20H,3-4,11-12,14H2,1-2H3,(H,23,27)/t20-/m0/s1. The van der Waals surface area contributed by atoms with Crippen molar-refractivity contribution in [3.8, 4) is 0 Å². The lowest BCUT2D eigenvalue weighted by Crippen LogP contribution is -2.37. The van der Waals surface area contributed by atoms with E-state index in [-0.39, 0.29) is 22.3 Å². The summed E-state index contributed by atoms with van der Waals surface area (Å²) < 4.78 is 0. The van der Waals surface area contributed by atoms with Crippen LogP contribution in [0.3, 0.4) is 0 Å². The Kier molecular flexibility index (Phi) is 6.71. The van der Waals surface area contributed by atoms with Crippen molar-refractivity contribution in [1.29, 1.82) is 0 Å². The van der Waals surface area contributed by atoms with Gasteiger partial charge in [-0.1, -0.05) is 23.7 Å². The molecule has 1 atom stereocenters. The molecule has 1 saturated heterocycles. The average Bonchev–Trinajstić information content (AvgIpc) is 3.23. The Balaban J connectivity index is 1.77. The minimum atomic E-state index is -0.535. The molecular weight excluding hydrogens is 392 g/mol. The molecule has 1 aliphatic rings. The van der Waals surface area contributed by atoms with Crippen molar-refractivity contribution in [3.05, 3.63) is 68.7 Å². The van der Waals surface area contributed by atoms with Crippen molar-refractivity contribution in [2.45, 2.75) is 18.9 Å². The smallest absolute Gasteiger partial charge is 0.270 e. The quantitative estimate of drug-likeness (QED) is 0.547. The molecule has 0 aliphatic carbocycles. The molecule has 0 radical (unpaired) electrons. The van der Waals surface area contributed by atoms with Gasteiger partial charge in [0.25, 0.3) is 11.6 Å². The van der Waals surface area contributed by atoms with Crippen LogP contribution in [0.1, 0.15) is 34.8 Å². The number of carbonyl (C=O) groups is 1. The summed E-state index contributed by atoms with van der Waals surface area (Å²) in [5.41, 5.74) is 2.20. The lowest BCUT2D eigenvalue weighted by atomic mass is 10.0. The topological polar surface area (TPSA) is 78.7 Å². The summed E-state index contributed by atoms with van der Waals surface area (Å²) in [6.07, 6.45) is 2.27. The van der Waals surface area contributed by atoms with Gasteiger partial charge in [-0.05, 0) is 49.7 Å². The van der Waals surface area contributed by atoms with Gasteiger partial charge in [0.15, 0.2) is 0 Å². The highest BCUT2D eigenvalue weighted by Gasteiger charge is 2.25. The lowest BCUT2D eigenvalue weighted by Gasteiger charge is -2.28. The fraction of sp³-hybridized carbons (Fsp3) is 0.381. The number of nitrogens with one attached hydrogen (secondary N) is 1. The number of amides is 1. The van der Waals surface area contributed by atoms with E-state index in [1.165, 1.54) is 18.2 Å². The first-order valence-corrected chi connectivity index (χ1v) is 9.98. The van der Waals surface area contributed by atoms with Crippen LogP contribution in [-0.2, 0) is 0 Å². The molecule has 8 heteroatoms. The second-order valence-electron chi connectivity index (χ2n) is 7.38. The van der Waals surface area contributed by atoms with Gasteiger partial charge in [0.1, 0.15) is 0 Å². The summed E-state index contributed by atoms with van der Waals surface area (Å²) in [5, 5.41) is 14.1. The zero-order valence-corrected chi connectivity index (χ0v) is 17.4. The normalized spacial score (nSPS) is 15.1.